The molecule has 218 valence electrons. The Kier molecular flexibility index (Phi) is 7.98. The zero-order valence-electron chi connectivity index (χ0n) is 23.6. The molecule has 1 heterocycles. The molecule has 1 saturated heterocycles. The van der Waals surface area contributed by atoms with Crippen molar-refractivity contribution in [2.75, 3.05) is 19.7 Å². The molecule has 3 aromatic carbocycles. The maximum atomic E-state index is 13.4. The van der Waals surface area contributed by atoms with Crippen LogP contribution in [0.3, 0.4) is 0 Å². The highest BCUT2D eigenvalue weighted by Crippen LogP contribution is 2.44. The van der Waals surface area contributed by atoms with Crippen molar-refractivity contribution in [3.05, 3.63) is 95.6 Å². The van der Waals surface area contributed by atoms with Gasteiger partial charge in [-0.3, -0.25) is 9.69 Å². The molecule has 2 aliphatic carbocycles. The quantitative estimate of drug-likeness (QED) is 0.356. The number of rotatable bonds is 8. The first-order valence-corrected chi connectivity index (χ1v) is 14.9. The molecule has 3 N–H and O–H groups in total. The number of hydrogen-bond acceptors (Lipinski definition) is 5. The average Bonchev–Trinajstić information content (AvgIpc) is 3.60. The normalized spacial score (nSPS) is 21.2. The molecule has 0 aromatic heterocycles. The van der Waals surface area contributed by atoms with Gasteiger partial charge in [0.25, 0.3) is 0 Å². The van der Waals surface area contributed by atoms with E-state index in [4.69, 9.17) is 4.74 Å². The van der Waals surface area contributed by atoms with Crippen LogP contribution < -0.4 is 10.6 Å². The number of fused-ring (bicyclic) bond motifs is 3. The van der Waals surface area contributed by atoms with E-state index in [2.05, 4.69) is 51.9 Å². The second-order valence-electron chi connectivity index (χ2n) is 11.8. The predicted molar refractivity (Wildman–Crippen MR) is 159 cm³/mol. The van der Waals surface area contributed by atoms with Gasteiger partial charge in [0.1, 0.15) is 12.1 Å². The molecular formula is C34H37N3O5. The zero-order valence-corrected chi connectivity index (χ0v) is 23.6. The summed E-state index contributed by atoms with van der Waals surface area (Å²) in [4.78, 5) is 41.0. The number of carbonyl (C=O) groups is 3. The average molecular weight is 568 g/mol. The second-order valence-corrected chi connectivity index (χ2v) is 11.8. The summed E-state index contributed by atoms with van der Waals surface area (Å²) < 4.78 is 5.72. The van der Waals surface area contributed by atoms with E-state index in [1.165, 1.54) is 5.56 Å². The summed E-state index contributed by atoms with van der Waals surface area (Å²) in [6, 6.07) is 26.0. The first kappa shape index (κ1) is 28.0. The number of alkyl carbamates (subject to hydrolysis) is 1. The summed E-state index contributed by atoms with van der Waals surface area (Å²) in [5.74, 6) is -1.86. The van der Waals surface area contributed by atoms with Gasteiger partial charge in [-0.2, -0.15) is 0 Å². The fraction of sp³-hybridized carbons (Fsp3) is 0.382. The Balaban J connectivity index is 1.04. The SMILES string of the molecule is O=C(NC1CCCC1C(=O)NC1(C(=O)O)CCN(Cc2ccccc2)CC1)OCC1c2ccccc2-c2ccccc21. The summed E-state index contributed by atoms with van der Waals surface area (Å²) in [5.41, 5.74) is 4.47. The highest BCUT2D eigenvalue weighted by Gasteiger charge is 2.45. The maximum absolute atomic E-state index is 13.4. The van der Waals surface area contributed by atoms with Crippen molar-refractivity contribution in [3.63, 3.8) is 0 Å². The molecule has 8 nitrogen and oxygen atoms in total. The second kappa shape index (κ2) is 12.0. The number of piperidine rings is 1. The van der Waals surface area contributed by atoms with Crippen molar-refractivity contribution in [3.8, 4) is 11.1 Å². The van der Waals surface area contributed by atoms with Gasteiger partial charge in [0.05, 0.1) is 5.92 Å². The minimum atomic E-state index is -1.30. The first-order valence-electron chi connectivity index (χ1n) is 14.9. The molecule has 2 unspecified atom stereocenters. The number of hydrogen-bond donors (Lipinski definition) is 3. The van der Waals surface area contributed by atoms with Crippen LogP contribution in [-0.2, 0) is 20.9 Å². The van der Waals surface area contributed by atoms with Gasteiger partial charge in [0, 0.05) is 31.6 Å². The summed E-state index contributed by atoms with van der Waals surface area (Å²) in [5, 5.41) is 16.0. The number of ether oxygens (including phenoxy) is 1. The van der Waals surface area contributed by atoms with Crippen LogP contribution in [0.4, 0.5) is 4.79 Å². The van der Waals surface area contributed by atoms with Gasteiger partial charge in [-0.05, 0) is 53.5 Å². The van der Waals surface area contributed by atoms with Gasteiger partial charge in [-0.15, -0.1) is 0 Å². The number of likely N-dealkylation sites (tertiary alicyclic amines) is 1. The van der Waals surface area contributed by atoms with Crippen LogP contribution in [0.15, 0.2) is 78.9 Å². The number of aliphatic carboxylic acids is 1. The molecule has 0 bridgehead atoms. The number of nitrogens with zero attached hydrogens (tertiary/aromatic N) is 1. The standard InChI is InChI=1S/C34H37N3O5/c38-31(36-34(32(39)40)17-19-37(20-18-34)21-23-9-2-1-3-10-23)28-15-8-16-30(28)35-33(41)42-22-29-26-13-6-4-11-24(26)25-12-5-7-14-27(25)29/h1-7,9-14,28-30H,8,15-22H2,(H,35,41)(H,36,38)(H,39,40). The number of carboxylic acids is 1. The molecule has 42 heavy (non-hydrogen) atoms. The zero-order chi connectivity index (χ0) is 29.1. The Hall–Kier alpha value is -4.17. The summed E-state index contributed by atoms with van der Waals surface area (Å²) >= 11 is 0. The minimum absolute atomic E-state index is 0.0472. The lowest BCUT2D eigenvalue weighted by atomic mass is 9.86. The number of carboxylic acid groups (broad SMARTS) is 1. The monoisotopic (exact) mass is 567 g/mol. The van der Waals surface area contributed by atoms with Crippen molar-refractivity contribution in [2.24, 2.45) is 5.92 Å². The van der Waals surface area contributed by atoms with E-state index in [0.717, 1.165) is 35.2 Å². The molecule has 2 amide bonds. The Morgan fingerprint density at radius 1 is 0.857 bits per heavy atom. The van der Waals surface area contributed by atoms with Crippen LogP contribution in [0.1, 0.15) is 54.7 Å². The number of nitrogens with one attached hydrogen (secondary N) is 2. The van der Waals surface area contributed by atoms with Gasteiger partial charge in [-0.1, -0.05) is 85.3 Å². The number of carbonyl (C=O) groups excluding carboxylic acids is 2. The van der Waals surface area contributed by atoms with Gasteiger partial charge in [-0.25, -0.2) is 9.59 Å². The highest BCUT2D eigenvalue weighted by molar-refractivity contribution is 5.89. The van der Waals surface area contributed by atoms with E-state index in [1.807, 2.05) is 42.5 Å². The Morgan fingerprint density at radius 2 is 1.48 bits per heavy atom. The molecule has 8 heteroatoms. The lowest BCUT2D eigenvalue weighted by molar-refractivity contribution is -0.151. The summed E-state index contributed by atoms with van der Waals surface area (Å²) in [7, 11) is 0. The fourth-order valence-corrected chi connectivity index (χ4v) is 6.89. The predicted octanol–water partition coefficient (Wildman–Crippen LogP) is 4.93. The van der Waals surface area contributed by atoms with Gasteiger partial charge < -0.3 is 20.5 Å². The maximum Gasteiger partial charge on any atom is 0.407 e. The van der Waals surface area contributed by atoms with Crippen LogP contribution in [0.2, 0.25) is 0 Å². The van der Waals surface area contributed by atoms with E-state index >= 15 is 0 Å². The van der Waals surface area contributed by atoms with Crippen LogP contribution in [-0.4, -0.2) is 59.3 Å². The summed E-state index contributed by atoms with van der Waals surface area (Å²) in [6.45, 7) is 2.10. The third-order valence-electron chi connectivity index (χ3n) is 9.23. The fourth-order valence-electron chi connectivity index (χ4n) is 6.89. The van der Waals surface area contributed by atoms with Crippen LogP contribution in [0.25, 0.3) is 11.1 Å². The van der Waals surface area contributed by atoms with E-state index < -0.39 is 29.6 Å². The summed E-state index contributed by atoms with van der Waals surface area (Å²) in [6.07, 6.45) is 2.13. The molecule has 1 saturated carbocycles. The third kappa shape index (κ3) is 5.63. The lowest BCUT2D eigenvalue weighted by Crippen LogP contribution is -2.61. The smallest absolute Gasteiger partial charge is 0.407 e. The van der Waals surface area contributed by atoms with E-state index in [1.54, 1.807) is 0 Å². The van der Waals surface area contributed by atoms with Gasteiger partial charge >= 0.3 is 12.1 Å². The van der Waals surface area contributed by atoms with Gasteiger partial charge in [0.2, 0.25) is 5.91 Å². The molecule has 0 radical (unpaired) electrons. The van der Waals surface area contributed by atoms with Crippen molar-refractivity contribution in [2.45, 2.75) is 56.1 Å². The Bertz CT molecular complexity index is 1400. The van der Waals surface area contributed by atoms with Crippen molar-refractivity contribution in [1.82, 2.24) is 15.5 Å². The van der Waals surface area contributed by atoms with Gasteiger partial charge in [0.15, 0.2) is 0 Å². The molecular weight excluding hydrogens is 530 g/mol. The molecule has 3 aromatic rings. The molecule has 2 atom stereocenters. The van der Waals surface area contributed by atoms with E-state index in [9.17, 15) is 19.5 Å². The van der Waals surface area contributed by atoms with Crippen LogP contribution >= 0.6 is 0 Å². The largest absolute Gasteiger partial charge is 0.480 e. The molecule has 2 fully saturated rings. The van der Waals surface area contributed by atoms with E-state index in [-0.39, 0.29) is 18.4 Å². The molecule has 1 aliphatic heterocycles. The minimum Gasteiger partial charge on any atom is -0.480 e. The molecule has 0 spiro atoms. The Morgan fingerprint density at radius 3 is 2.12 bits per heavy atom. The van der Waals surface area contributed by atoms with Crippen molar-refractivity contribution < 1.29 is 24.2 Å². The third-order valence-corrected chi connectivity index (χ3v) is 9.23. The van der Waals surface area contributed by atoms with Crippen LogP contribution in [0.5, 0.6) is 0 Å². The molecule has 3 aliphatic rings. The van der Waals surface area contributed by atoms with Crippen molar-refractivity contribution in [1.29, 1.82) is 0 Å². The first-order chi connectivity index (χ1) is 20.4. The van der Waals surface area contributed by atoms with Crippen molar-refractivity contribution >= 4 is 18.0 Å². The van der Waals surface area contributed by atoms with Crippen LogP contribution in [0, 0.1) is 5.92 Å². The number of benzene rings is 3. The highest BCUT2D eigenvalue weighted by atomic mass is 16.5. The molecule has 6 rings (SSSR count). The number of amides is 2. The van der Waals surface area contributed by atoms with E-state index in [0.29, 0.717) is 38.8 Å². The topological polar surface area (TPSA) is 108 Å². The lowest BCUT2D eigenvalue weighted by Gasteiger charge is -2.40. The Labute approximate surface area is 246 Å².